The van der Waals surface area contributed by atoms with E-state index >= 15 is 0 Å². The van der Waals surface area contributed by atoms with Crippen LogP contribution in [0.5, 0.6) is 0 Å². The van der Waals surface area contributed by atoms with E-state index in [0.717, 1.165) is 13.1 Å². The van der Waals surface area contributed by atoms with Crippen LogP contribution in [-0.2, 0) is 0 Å². The van der Waals surface area contributed by atoms with Crippen LogP contribution < -0.4 is 5.73 Å². The predicted octanol–water partition coefficient (Wildman–Crippen LogP) is 1.46. The van der Waals surface area contributed by atoms with Gasteiger partial charge in [0.2, 0.25) is 0 Å². The third-order valence-electron chi connectivity index (χ3n) is 3.74. The molecule has 0 amide bonds. The van der Waals surface area contributed by atoms with Crippen molar-refractivity contribution in [3.63, 3.8) is 0 Å². The zero-order valence-electron chi connectivity index (χ0n) is 8.85. The average molecular weight is 170 g/mol. The van der Waals surface area contributed by atoms with Gasteiger partial charge < -0.3 is 10.6 Å². The van der Waals surface area contributed by atoms with Gasteiger partial charge in [0.25, 0.3) is 0 Å². The molecule has 1 fully saturated rings. The molecule has 1 atom stereocenters. The molecule has 2 N–H and O–H groups in total. The van der Waals surface area contributed by atoms with E-state index in [4.69, 9.17) is 5.73 Å². The fraction of sp³-hybridized carbons (Fsp3) is 1.00. The van der Waals surface area contributed by atoms with Crippen LogP contribution in [-0.4, -0.2) is 30.6 Å². The topological polar surface area (TPSA) is 29.3 Å². The van der Waals surface area contributed by atoms with E-state index in [1.54, 1.807) is 0 Å². The molecule has 1 heterocycles. The van der Waals surface area contributed by atoms with Crippen molar-refractivity contribution in [2.45, 2.75) is 39.2 Å². The van der Waals surface area contributed by atoms with Crippen LogP contribution in [0, 0.1) is 5.41 Å². The number of likely N-dealkylation sites (tertiary alicyclic amines) is 1. The van der Waals surface area contributed by atoms with Crippen LogP contribution in [0.25, 0.3) is 0 Å². The van der Waals surface area contributed by atoms with Gasteiger partial charge in [-0.2, -0.15) is 0 Å². The van der Waals surface area contributed by atoms with Gasteiger partial charge in [-0.05, 0) is 26.8 Å². The van der Waals surface area contributed by atoms with E-state index in [1.807, 2.05) is 0 Å². The first-order chi connectivity index (χ1) is 5.47. The van der Waals surface area contributed by atoms with Crippen LogP contribution in [0.4, 0.5) is 0 Å². The zero-order valence-corrected chi connectivity index (χ0v) is 8.85. The molecule has 1 aliphatic rings. The minimum atomic E-state index is 0.00521. The highest BCUT2D eigenvalue weighted by molar-refractivity contribution is 5.06. The first-order valence-electron chi connectivity index (χ1n) is 4.95. The molecule has 0 aromatic heterocycles. The Labute approximate surface area is 76.1 Å². The van der Waals surface area contributed by atoms with Crippen molar-refractivity contribution >= 4 is 0 Å². The number of hydrogen-bond donors (Lipinski definition) is 1. The lowest BCUT2D eigenvalue weighted by atomic mass is 9.70. The summed E-state index contributed by atoms with van der Waals surface area (Å²) in [6.07, 6.45) is 2.39. The summed E-state index contributed by atoms with van der Waals surface area (Å²) in [5.41, 5.74) is 6.68. The molecule has 0 spiro atoms. The predicted molar refractivity (Wildman–Crippen MR) is 53.1 cm³/mol. The molecule has 0 bridgehead atoms. The lowest BCUT2D eigenvalue weighted by molar-refractivity contribution is 0.178. The summed E-state index contributed by atoms with van der Waals surface area (Å²) >= 11 is 0. The molecule has 12 heavy (non-hydrogen) atoms. The second-order valence-corrected chi connectivity index (χ2v) is 4.58. The van der Waals surface area contributed by atoms with Crippen LogP contribution in [0.3, 0.4) is 0 Å². The van der Waals surface area contributed by atoms with E-state index in [1.165, 1.54) is 12.8 Å². The number of rotatable bonds is 2. The highest BCUT2D eigenvalue weighted by Gasteiger charge is 2.48. The van der Waals surface area contributed by atoms with Gasteiger partial charge in [-0.3, -0.25) is 0 Å². The number of nitrogens with zero attached hydrogens (tertiary/aromatic N) is 1. The third kappa shape index (κ3) is 1.27. The third-order valence-corrected chi connectivity index (χ3v) is 3.74. The van der Waals surface area contributed by atoms with Crippen molar-refractivity contribution in [2.75, 3.05) is 20.1 Å². The first-order valence-corrected chi connectivity index (χ1v) is 4.95. The molecule has 0 aromatic rings. The molecule has 0 saturated carbocycles. The fourth-order valence-corrected chi connectivity index (χ4v) is 2.76. The maximum absolute atomic E-state index is 6.33. The highest BCUT2D eigenvalue weighted by atomic mass is 15.2. The minimum Gasteiger partial charge on any atom is -0.324 e. The minimum absolute atomic E-state index is 0.00521. The van der Waals surface area contributed by atoms with Gasteiger partial charge in [-0.25, -0.2) is 0 Å². The number of likely N-dealkylation sites (N-methyl/N-ethyl adjacent to an activating group) is 1. The Morgan fingerprint density at radius 3 is 1.92 bits per heavy atom. The van der Waals surface area contributed by atoms with Crippen LogP contribution >= 0.6 is 0 Å². The average Bonchev–Trinajstić information content (AvgIpc) is 2.20. The fourth-order valence-electron chi connectivity index (χ4n) is 2.76. The summed E-state index contributed by atoms with van der Waals surface area (Å²) in [7, 11) is 2.16. The summed E-state index contributed by atoms with van der Waals surface area (Å²) in [6.45, 7) is 8.91. The van der Waals surface area contributed by atoms with Crippen molar-refractivity contribution in [3.05, 3.63) is 0 Å². The molecule has 2 heteroatoms. The number of nitrogens with two attached hydrogens (primary N) is 1. The van der Waals surface area contributed by atoms with Gasteiger partial charge in [-0.1, -0.05) is 13.8 Å². The Kier molecular flexibility index (Phi) is 2.50. The normalized spacial score (nSPS) is 35.8. The Hall–Kier alpha value is -0.0800. The summed E-state index contributed by atoms with van der Waals surface area (Å²) in [6, 6.07) is 0. The molecule has 1 unspecified atom stereocenters. The lowest BCUT2D eigenvalue weighted by Gasteiger charge is -2.38. The monoisotopic (exact) mass is 170 g/mol. The van der Waals surface area contributed by atoms with E-state index in [-0.39, 0.29) is 5.54 Å². The quantitative estimate of drug-likeness (QED) is 0.680. The van der Waals surface area contributed by atoms with Crippen molar-refractivity contribution in [1.82, 2.24) is 4.90 Å². The molecule has 1 saturated heterocycles. The molecule has 0 aliphatic carbocycles. The molecule has 0 radical (unpaired) electrons. The Bertz CT molecular complexity index is 159. The largest absolute Gasteiger partial charge is 0.324 e. The maximum Gasteiger partial charge on any atom is 0.0323 e. The van der Waals surface area contributed by atoms with Crippen molar-refractivity contribution in [2.24, 2.45) is 11.1 Å². The lowest BCUT2D eigenvalue weighted by Crippen LogP contribution is -2.51. The molecule has 72 valence electrons. The molecular weight excluding hydrogens is 148 g/mol. The SMILES string of the molecule is CCC1(CC)CN(C)CC1(C)N. The van der Waals surface area contributed by atoms with Gasteiger partial charge in [0, 0.05) is 24.0 Å². The second-order valence-electron chi connectivity index (χ2n) is 4.58. The molecule has 0 aromatic carbocycles. The van der Waals surface area contributed by atoms with Gasteiger partial charge in [0.15, 0.2) is 0 Å². The summed E-state index contributed by atoms with van der Waals surface area (Å²) in [4.78, 5) is 2.35. The summed E-state index contributed by atoms with van der Waals surface area (Å²) in [5.74, 6) is 0. The van der Waals surface area contributed by atoms with Gasteiger partial charge >= 0.3 is 0 Å². The van der Waals surface area contributed by atoms with E-state index in [2.05, 4.69) is 32.7 Å². The van der Waals surface area contributed by atoms with Crippen LogP contribution in [0.2, 0.25) is 0 Å². The standard InChI is InChI=1S/C10H22N2/c1-5-10(6-2)8-12(4)7-9(10,3)11/h5-8,11H2,1-4H3. The van der Waals surface area contributed by atoms with E-state index in [0.29, 0.717) is 5.41 Å². The molecule has 1 aliphatic heterocycles. The summed E-state index contributed by atoms with van der Waals surface area (Å²) < 4.78 is 0. The van der Waals surface area contributed by atoms with Gasteiger partial charge in [0.1, 0.15) is 0 Å². The Morgan fingerprint density at radius 2 is 1.75 bits per heavy atom. The van der Waals surface area contributed by atoms with Crippen molar-refractivity contribution < 1.29 is 0 Å². The van der Waals surface area contributed by atoms with Gasteiger partial charge in [0.05, 0.1) is 0 Å². The van der Waals surface area contributed by atoms with Crippen molar-refractivity contribution in [3.8, 4) is 0 Å². The van der Waals surface area contributed by atoms with Crippen molar-refractivity contribution in [1.29, 1.82) is 0 Å². The molecule has 1 rings (SSSR count). The Morgan fingerprint density at radius 1 is 1.25 bits per heavy atom. The Balaban J connectivity index is 2.87. The van der Waals surface area contributed by atoms with E-state index < -0.39 is 0 Å². The zero-order chi connectivity index (χ0) is 9.41. The van der Waals surface area contributed by atoms with Crippen LogP contribution in [0.1, 0.15) is 33.6 Å². The number of hydrogen-bond acceptors (Lipinski definition) is 2. The molecular formula is C10H22N2. The second kappa shape index (κ2) is 3.00. The summed E-state index contributed by atoms with van der Waals surface area (Å²) in [5, 5.41) is 0. The first kappa shape index (κ1) is 10.0. The van der Waals surface area contributed by atoms with Crippen LogP contribution in [0.15, 0.2) is 0 Å². The highest BCUT2D eigenvalue weighted by Crippen LogP contribution is 2.42. The smallest absolute Gasteiger partial charge is 0.0323 e. The maximum atomic E-state index is 6.33. The van der Waals surface area contributed by atoms with Gasteiger partial charge in [-0.15, -0.1) is 0 Å². The van der Waals surface area contributed by atoms with E-state index in [9.17, 15) is 0 Å². The molecule has 2 nitrogen and oxygen atoms in total.